The Bertz CT molecular complexity index is 303. The lowest BCUT2D eigenvalue weighted by molar-refractivity contribution is -0.137. The van der Waals surface area contributed by atoms with Crippen LogP contribution < -0.4 is 5.73 Å². The van der Waals surface area contributed by atoms with Crippen molar-refractivity contribution in [3.05, 3.63) is 0 Å². The van der Waals surface area contributed by atoms with Crippen molar-refractivity contribution in [2.75, 3.05) is 19.8 Å². The van der Waals surface area contributed by atoms with Crippen LogP contribution in [0.15, 0.2) is 0 Å². The van der Waals surface area contributed by atoms with Crippen LogP contribution in [-0.2, 0) is 14.3 Å². The maximum absolute atomic E-state index is 12.2. The SMILES string of the molecule is CC(C)(N)CCC(=O)C1CCOC2(CCOC2)C1. The maximum atomic E-state index is 12.2. The molecular weight excluding hydrogens is 230 g/mol. The molecule has 0 aromatic carbocycles. The van der Waals surface area contributed by atoms with Gasteiger partial charge in [-0.2, -0.15) is 0 Å². The molecule has 104 valence electrons. The van der Waals surface area contributed by atoms with Crippen LogP contribution in [0.1, 0.15) is 46.0 Å². The van der Waals surface area contributed by atoms with Gasteiger partial charge in [0.1, 0.15) is 5.78 Å². The fraction of sp³-hybridized carbons (Fsp3) is 0.929. The number of rotatable bonds is 4. The highest BCUT2D eigenvalue weighted by molar-refractivity contribution is 5.81. The van der Waals surface area contributed by atoms with Gasteiger partial charge in [-0.15, -0.1) is 0 Å². The van der Waals surface area contributed by atoms with Crippen LogP contribution in [0.5, 0.6) is 0 Å². The van der Waals surface area contributed by atoms with Crippen molar-refractivity contribution in [3.8, 4) is 0 Å². The van der Waals surface area contributed by atoms with Crippen LogP contribution in [0.4, 0.5) is 0 Å². The molecule has 2 saturated heterocycles. The van der Waals surface area contributed by atoms with E-state index >= 15 is 0 Å². The fourth-order valence-corrected chi connectivity index (χ4v) is 2.82. The Hall–Kier alpha value is -0.450. The van der Waals surface area contributed by atoms with E-state index in [4.69, 9.17) is 15.2 Å². The van der Waals surface area contributed by atoms with E-state index in [1.807, 2.05) is 13.8 Å². The number of ketones is 1. The van der Waals surface area contributed by atoms with Crippen LogP contribution in [0.2, 0.25) is 0 Å². The van der Waals surface area contributed by atoms with E-state index in [-0.39, 0.29) is 17.1 Å². The Kier molecular flexibility index (Phi) is 4.09. The van der Waals surface area contributed by atoms with Crippen molar-refractivity contribution >= 4 is 5.78 Å². The normalized spacial score (nSPS) is 32.9. The van der Waals surface area contributed by atoms with E-state index in [1.54, 1.807) is 0 Å². The Balaban J connectivity index is 1.86. The first kappa shape index (κ1) is 14.0. The molecule has 2 atom stereocenters. The molecule has 4 nitrogen and oxygen atoms in total. The van der Waals surface area contributed by atoms with Crippen LogP contribution in [0, 0.1) is 5.92 Å². The predicted molar refractivity (Wildman–Crippen MR) is 69.4 cm³/mol. The van der Waals surface area contributed by atoms with Gasteiger partial charge >= 0.3 is 0 Å². The molecule has 0 aromatic rings. The molecule has 2 N–H and O–H groups in total. The number of carbonyl (C=O) groups is 1. The molecule has 0 saturated carbocycles. The van der Waals surface area contributed by atoms with Crippen molar-refractivity contribution in [2.45, 2.75) is 57.1 Å². The molecule has 0 bridgehead atoms. The van der Waals surface area contributed by atoms with Crippen LogP contribution in [0.3, 0.4) is 0 Å². The van der Waals surface area contributed by atoms with Crippen molar-refractivity contribution in [1.29, 1.82) is 0 Å². The van der Waals surface area contributed by atoms with E-state index in [2.05, 4.69) is 0 Å². The summed E-state index contributed by atoms with van der Waals surface area (Å²) in [6.45, 7) is 6.04. The van der Waals surface area contributed by atoms with Gasteiger partial charge in [0, 0.05) is 37.5 Å². The minimum absolute atomic E-state index is 0.141. The van der Waals surface area contributed by atoms with Gasteiger partial charge in [0.05, 0.1) is 12.2 Å². The molecule has 0 aromatic heterocycles. The standard InChI is InChI=1S/C14H25NO3/c1-13(2,15)5-3-12(16)11-4-7-18-14(9-11)6-8-17-10-14/h11H,3-10,15H2,1-2H3. The average molecular weight is 255 g/mol. The molecule has 4 heteroatoms. The fourth-order valence-electron chi connectivity index (χ4n) is 2.82. The second kappa shape index (κ2) is 5.27. The monoisotopic (exact) mass is 255 g/mol. The van der Waals surface area contributed by atoms with Crippen LogP contribution in [0.25, 0.3) is 0 Å². The topological polar surface area (TPSA) is 61.6 Å². The third-order valence-electron chi connectivity index (χ3n) is 4.03. The molecule has 0 radical (unpaired) electrons. The summed E-state index contributed by atoms with van der Waals surface area (Å²) in [5.41, 5.74) is 5.51. The number of hydrogen-bond acceptors (Lipinski definition) is 4. The summed E-state index contributed by atoms with van der Waals surface area (Å²) in [5.74, 6) is 0.492. The summed E-state index contributed by atoms with van der Waals surface area (Å²) < 4.78 is 11.3. The summed E-state index contributed by atoms with van der Waals surface area (Å²) in [6, 6.07) is 0. The highest BCUT2D eigenvalue weighted by atomic mass is 16.6. The molecule has 2 fully saturated rings. The summed E-state index contributed by atoms with van der Waals surface area (Å²) in [7, 11) is 0. The van der Waals surface area contributed by atoms with Gasteiger partial charge in [-0.25, -0.2) is 0 Å². The summed E-state index contributed by atoms with van der Waals surface area (Å²) in [5, 5.41) is 0. The lowest BCUT2D eigenvalue weighted by Gasteiger charge is -2.36. The van der Waals surface area contributed by atoms with E-state index in [0.29, 0.717) is 25.4 Å². The quantitative estimate of drug-likeness (QED) is 0.830. The first-order valence-electron chi connectivity index (χ1n) is 6.94. The van der Waals surface area contributed by atoms with Gasteiger partial charge in [0.2, 0.25) is 0 Å². The van der Waals surface area contributed by atoms with Gasteiger partial charge in [0.25, 0.3) is 0 Å². The van der Waals surface area contributed by atoms with Crippen molar-refractivity contribution in [2.24, 2.45) is 11.7 Å². The largest absolute Gasteiger partial charge is 0.378 e. The third kappa shape index (κ3) is 3.53. The highest BCUT2D eigenvalue weighted by Gasteiger charge is 2.42. The summed E-state index contributed by atoms with van der Waals surface area (Å²) in [4.78, 5) is 12.2. The zero-order valence-corrected chi connectivity index (χ0v) is 11.5. The average Bonchev–Trinajstić information content (AvgIpc) is 2.73. The van der Waals surface area contributed by atoms with Gasteiger partial charge in [0.15, 0.2) is 0 Å². The lowest BCUT2D eigenvalue weighted by Crippen LogP contribution is -2.43. The van der Waals surface area contributed by atoms with E-state index in [9.17, 15) is 4.79 Å². The van der Waals surface area contributed by atoms with Gasteiger partial charge in [-0.3, -0.25) is 4.79 Å². The third-order valence-corrected chi connectivity index (χ3v) is 4.03. The van der Waals surface area contributed by atoms with E-state index in [0.717, 1.165) is 32.3 Å². The molecule has 1 spiro atoms. The Labute approximate surface area is 109 Å². The smallest absolute Gasteiger partial charge is 0.136 e. The van der Waals surface area contributed by atoms with E-state index < -0.39 is 0 Å². The number of carbonyl (C=O) groups excluding carboxylic acids is 1. The minimum atomic E-state index is -0.255. The number of nitrogens with two attached hydrogens (primary N) is 1. The van der Waals surface area contributed by atoms with Crippen molar-refractivity contribution in [3.63, 3.8) is 0 Å². The molecule has 2 unspecified atom stereocenters. The molecule has 2 heterocycles. The molecule has 18 heavy (non-hydrogen) atoms. The zero-order valence-electron chi connectivity index (χ0n) is 11.5. The van der Waals surface area contributed by atoms with Crippen molar-refractivity contribution < 1.29 is 14.3 Å². The second-order valence-electron chi connectivity index (χ2n) is 6.48. The highest BCUT2D eigenvalue weighted by Crippen LogP contribution is 2.36. The summed E-state index contributed by atoms with van der Waals surface area (Å²) >= 11 is 0. The Morgan fingerprint density at radius 3 is 2.83 bits per heavy atom. The molecule has 0 amide bonds. The first-order chi connectivity index (χ1) is 8.40. The molecule has 0 aliphatic carbocycles. The minimum Gasteiger partial charge on any atom is -0.378 e. The Morgan fingerprint density at radius 1 is 1.44 bits per heavy atom. The molecule has 2 aliphatic heterocycles. The molecule has 2 aliphatic rings. The van der Waals surface area contributed by atoms with Crippen molar-refractivity contribution in [1.82, 2.24) is 0 Å². The van der Waals surface area contributed by atoms with Gasteiger partial charge < -0.3 is 15.2 Å². The van der Waals surface area contributed by atoms with Gasteiger partial charge in [-0.1, -0.05) is 0 Å². The second-order valence-corrected chi connectivity index (χ2v) is 6.48. The number of hydrogen-bond donors (Lipinski definition) is 1. The number of Topliss-reactive ketones (excluding diaryl/α,β-unsaturated/α-hetero) is 1. The number of ether oxygens (including phenoxy) is 2. The van der Waals surface area contributed by atoms with Gasteiger partial charge in [-0.05, 0) is 33.1 Å². The van der Waals surface area contributed by atoms with Crippen LogP contribution in [-0.4, -0.2) is 36.7 Å². The maximum Gasteiger partial charge on any atom is 0.136 e. The first-order valence-corrected chi connectivity index (χ1v) is 6.94. The Morgan fingerprint density at radius 2 is 2.22 bits per heavy atom. The van der Waals surface area contributed by atoms with Crippen LogP contribution >= 0.6 is 0 Å². The predicted octanol–water partition coefficient (Wildman–Crippen LogP) is 1.66. The van der Waals surface area contributed by atoms with E-state index in [1.165, 1.54) is 0 Å². The zero-order chi connectivity index (χ0) is 13.2. The molecular formula is C14H25NO3. The lowest BCUT2D eigenvalue weighted by atomic mass is 9.81. The molecule has 2 rings (SSSR count). The summed E-state index contributed by atoms with van der Waals surface area (Å²) in [6.07, 6.45) is 3.96.